The van der Waals surface area contributed by atoms with Crippen molar-refractivity contribution in [1.29, 1.82) is 5.26 Å². The number of rotatable bonds is 1. The molecule has 0 aliphatic carbocycles. The first-order chi connectivity index (χ1) is 8.08. The van der Waals surface area contributed by atoms with Crippen LogP contribution in [0.2, 0.25) is 5.15 Å². The van der Waals surface area contributed by atoms with E-state index in [9.17, 15) is 0 Å². The Kier molecular flexibility index (Phi) is 2.91. The standard InChI is InChI=1S/C13H11ClN2O/c1-7-4-9(17-3)5-10-8(2)11(6-15)13(14)16-12(7)10/h4-5H,1-3H3. The molecule has 86 valence electrons. The number of hydrogen-bond acceptors (Lipinski definition) is 3. The molecule has 0 N–H and O–H groups in total. The molecule has 0 spiro atoms. The molecule has 0 aliphatic heterocycles. The molecule has 3 nitrogen and oxygen atoms in total. The van der Waals surface area contributed by atoms with Crippen LogP contribution in [0.15, 0.2) is 12.1 Å². The highest BCUT2D eigenvalue weighted by Crippen LogP contribution is 2.30. The smallest absolute Gasteiger partial charge is 0.147 e. The summed E-state index contributed by atoms with van der Waals surface area (Å²) in [7, 11) is 1.62. The van der Waals surface area contributed by atoms with Gasteiger partial charge >= 0.3 is 0 Å². The monoisotopic (exact) mass is 246 g/mol. The average molecular weight is 247 g/mol. The number of methoxy groups -OCH3 is 1. The van der Waals surface area contributed by atoms with Gasteiger partial charge in [0.25, 0.3) is 0 Å². The largest absolute Gasteiger partial charge is 0.497 e. The van der Waals surface area contributed by atoms with Gasteiger partial charge in [0, 0.05) is 5.39 Å². The van der Waals surface area contributed by atoms with Crippen LogP contribution < -0.4 is 4.74 Å². The van der Waals surface area contributed by atoms with Crippen molar-refractivity contribution in [2.45, 2.75) is 13.8 Å². The van der Waals surface area contributed by atoms with Crippen molar-refractivity contribution in [2.24, 2.45) is 0 Å². The van der Waals surface area contributed by atoms with Crippen molar-refractivity contribution in [3.8, 4) is 11.8 Å². The van der Waals surface area contributed by atoms with Gasteiger partial charge in [0.2, 0.25) is 0 Å². The summed E-state index contributed by atoms with van der Waals surface area (Å²) in [5.74, 6) is 0.756. The van der Waals surface area contributed by atoms with Crippen LogP contribution in [-0.4, -0.2) is 12.1 Å². The van der Waals surface area contributed by atoms with Gasteiger partial charge in [-0.05, 0) is 37.1 Å². The van der Waals surface area contributed by atoms with Crippen molar-refractivity contribution in [1.82, 2.24) is 4.98 Å². The first kappa shape index (κ1) is 11.7. The van der Waals surface area contributed by atoms with Gasteiger partial charge in [0.1, 0.15) is 17.0 Å². The maximum Gasteiger partial charge on any atom is 0.147 e. The van der Waals surface area contributed by atoms with Crippen LogP contribution in [0, 0.1) is 25.2 Å². The second kappa shape index (κ2) is 4.23. The van der Waals surface area contributed by atoms with Gasteiger partial charge in [0.05, 0.1) is 18.2 Å². The summed E-state index contributed by atoms with van der Waals surface area (Å²) in [4.78, 5) is 4.27. The lowest BCUT2D eigenvalue weighted by Crippen LogP contribution is -1.95. The van der Waals surface area contributed by atoms with Gasteiger partial charge in [-0.3, -0.25) is 0 Å². The van der Waals surface area contributed by atoms with Gasteiger partial charge in [-0.15, -0.1) is 0 Å². The Morgan fingerprint density at radius 2 is 2.06 bits per heavy atom. The van der Waals surface area contributed by atoms with Crippen LogP contribution >= 0.6 is 11.6 Å². The van der Waals surface area contributed by atoms with E-state index in [1.165, 1.54) is 0 Å². The quantitative estimate of drug-likeness (QED) is 0.725. The molecule has 2 aromatic rings. The van der Waals surface area contributed by atoms with E-state index in [2.05, 4.69) is 11.1 Å². The van der Waals surface area contributed by atoms with E-state index in [1.807, 2.05) is 26.0 Å². The molecule has 17 heavy (non-hydrogen) atoms. The Morgan fingerprint density at radius 1 is 1.35 bits per heavy atom. The third-order valence-electron chi connectivity index (χ3n) is 2.82. The zero-order valence-corrected chi connectivity index (χ0v) is 10.6. The molecule has 1 aromatic heterocycles. The van der Waals surface area contributed by atoms with Crippen LogP contribution in [0.1, 0.15) is 16.7 Å². The molecule has 0 bridgehead atoms. The van der Waals surface area contributed by atoms with E-state index in [1.54, 1.807) is 7.11 Å². The number of nitriles is 1. The fraction of sp³-hybridized carbons (Fsp3) is 0.231. The van der Waals surface area contributed by atoms with Gasteiger partial charge in [-0.2, -0.15) is 5.26 Å². The highest BCUT2D eigenvalue weighted by molar-refractivity contribution is 6.31. The minimum Gasteiger partial charge on any atom is -0.497 e. The second-order valence-corrected chi connectivity index (χ2v) is 4.21. The Hall–Kier alpha value is -1.79. The molecule has 0 atom stereocenters. The summed E-state index contributed by atoms with van der Waals surface area (Å²) >= 11 is 5.99. The second-order valence-electron chi connectivity index (χ2n) is 3.85. The van der Waals surface area contributed by atoms with Gasteiger partial charge in [-0.25, -0.2) is 4.98 Å². The summed E-state index contributed by atoms with van der Waals surface area (Å²) in [5, 5.41) is 10.2. The zero-order chi connectivity index (χ0) is 12.6. The van der Waals surface area contributed by atoms with Crippen molar-refractivity contribution in [2.75, 3.05) is 7.11 Å². The minimum atomic E-state index is 0.255. The fourth-order valence-corrected chi connectivity index (χ4v) is 2.14. The Morgan fingerprint density at radius 3 is 2.65 bits per heavy atom. The number of halogens is 1. The average Bonchev–Trinajstić information content (AvgIpc) is 2.31. The summed E-state index contributed by atoms with van der Waals surface area (Å²) in [6, 6.07) is 5.85. The molecule has 1 aromatic carbocycles. The number of fused-ring (bicyclic) bond motifs is 1. The first-order valence-electron chi connectivity index (χ1n) is 5.13. The molecule has 0 aliphatic rings. The number of nitrogens with zero attached hydrogens (tertiary/aromatic N) is 2. The minimum absolute atomic E-state index is 0.255. The molecular weight excluding hydrogens is 236 g/mol. The number of hydrogen-bond donors (Lipinski definition) is 0. The number of pyridine rings is 1. The summed E-state index contributed by atoms with van der Waals surface area (Å²) in [6.07, 6.45) is 0. The van der Waals surface area contributed by atoms with E-state index in [0.29, 0.717) is 5.56 Å². The van der Waals surface area contributed by atoms with Crippen molar-refractivity contribution in [3.05, 3.63) is 34.0 Å². The Bertz CT molecular complexity index is 644. The maximum absolute atomic E-state index is 9.05. The highest BCUT2D eigenvalue weighted by Gasteiger charge is 2.12. The molecule has 4 heteroatoms. The van der Waals surface area contributed by atoms with Crippen LogP contribution in [0.4, 0.5) is 0 Å². The summed E-state index contributed by atoms with van der Waals surface area (Å²) in [6.45, 7) is 3.81. The lowest BCUT2D eigenvalue weighted by molar-refractivity contribution is 0.415. The van der Waals surface area contributed by atoms with Crippen molar-refractivity contribution < 1.29 is 4.74 Å². The van der Waals surface area contributed by atoms with E-state index >= 15 is 0 Å². The molecule has 0 saturated heterocycles. The van der Waals surface area contributed by atoms with E-state index in [-0.39, 0.29) is 5.15 Å². The van der Waals surface area contributed by atoms with E-state index in [4.69, 9.17) is 21.6 Å². The molecule has 0 saturated carbocycles. The maximum atomic E-state index is 9.05. The molecule has 0 amide bonds. The third kappa shape index (κ3) is 1.81. The Balaban J connectivity index is 2.93. The predicted octanol–water partition coefficient (Wildman–Crippen LogP) is 3.39. The van der Waals surface area contributed by atoms with Crippen LogP contribution in [0.5, 0.6) is 5.75 Å². The number of benzene rings is 1. The third-order valence-corrected chi connectivity index (χ3v) is 3.09. The molecule has 0 fully saturated rings. The van der Waals surface area contributed by atoms with E-state index < -0.39 is 0 Å². The zero-order valence-electron chi connectivity index (χ0n) is 9.84. The molecule has 2 rings (SSSR count). The number of ether oxygens (including phenoxy) is 1. The van der Waals surface area contributed by atoms with Gasteiger partial charge < -0.3 is 4.74 Å². The number of aryl methyl sites for hydroxylation is 2. The molecular formula is C13H11ClN2O. The Labute approximate surface area is 105 Å². The van der Waals surface area contributed by atoms with Crippen LogP contribution in [0.25, 0.3) is 10.9 Å². The first-order valence-corrected chi connectivity index (χ1v) is 5.50. The topological polar surface area (TPSA) is 45.9 Å². The fourth-order valence-electron chi connectivity index (χ4n) is 1.87. The lowest BCUT2D eigenvalue weighted by Gasteiger charge is -2.10. The molecule has 0 unspecified atom stereocenters. The van der Waals surface area contributed by atoms with E-state index in [0.717, 1.165) is 27.8 Å². The normalized spacial score (nSPS) is 10.3. The molecule has 0 radical (unpaired) electrons. The SMILES string of the molecule is COc1cc(C)c2nc(Cl)c(C#N)c(C)c2c1. The summed E-state index contributed by atoms with van der Waals surface area (Å²) < 4.78 is 5.22. The highest BCUT2D eigenvalue weighted by atomic mass is 35.5. The lowest BCUT2D eigenvalue weighted by atomic mass is 10.0. The predicted molar refractivity (Wildman–Crippen MR) is 67.5 cm³/mol. The van der Waals surface area contributed by atoms with Crippen LogP contribution in [-0.2, 0) is 0 Å². The summed E-state index contributed by atoms with van der Waals surface area (Å²) in [5.41, 5.74) is 3.05. The van der Waals surface area contributed by atoms with Gasteiger partial charge in [-0.1, -0.05) is 11.6 Å². The van der Waals surface area contributed by atoms with Crippen molar-refractivity contribution in [3.63, 3.8) is 0 Å². The van der Waals surface area contributed by atoms with Gasteiger partial charge in [0.15, 0.2) is 0 Å². The molecule has 1 heterocycles. The van der Waals surface area contributed by atoms with Crippen LogP contribution in [0.3, 0.4) is 0 Å². The number of aromatic nitrogens is 1. The van der Waals surface area contributed by atoms with Crippen molar-refractivity contribution >= 4 is 22.5 Å².